The van der Waals surface area contributed by atoms with Gasteiger partial charge in [-0.2, -0.15) is 0 Å². The number of hydrogen-bond donors (Lipinski definition) is 11. The molecule has 1 aliphatic rings. The molecule has 3 rings (SSSR count). The first-order chi connectivity index (χ1) is 27.4. The van der Waals surface area contributed by atoms with Crippen molar-refractivity contribution < 1.29 is 28.8 Å². The number of rotatable bonds is 10. The van der Waals surface area contributed by atoms with Crippen LogP contribution in [0.25, 0.3) is 0 Å². The summed E-state index contributed by atoms with van der Waals surface area (Å²) in [6.07, 6.45) is 3.35. The van der Waals surface area contributed by atoms with Crippen molar-refractivity contribution in [2.75, 3.05) is 13.1 Å². The summed E-state index contributed by atoms with van der Waals surface area (Å²) >= 11 is 0. The third kappa shape index (κ3) is 15.3. The first-order valence-electron chi connectivity index (χ1n) is 19.1. The minimum atomic E-state index is -1.25. The monoisotopic (exact) mass is 810 g/mol. The van der Waals surface area contributed by atoms with E-state index in [1.807, 2.05) is 13.8 Å². The molecule has 58 heavy (non-hydrogen) atoms. The number of guanidine groups is 2. The summed E-state index contributed by atoms with van der Waals surface area (Å²) in [6.45, 7) is 5.37. The maximum atomic E-state index is 13.9. The van der Waals surface area contributed by atoms with Crippen molar-refractivity contribution in [3.63, 3.8) is 0 Å². The van der Waals surface area contributed by atoms with Gasteiger partial charge in [0.2, 0.25) is 35.4 Å². The highest BCUT2D eigenvalue weighted by Crippen LogP contribution is 2.23. The van der Waals surface area contributed by atoms with Crippen molar-refractivity contribution >= 4 is 53.0 Å². The second kappa shape index (κ2) is 22.4. The van der Waals surface area contributed by atoms with Gasteiger partial charge in [-0.05, 0) is 62.1 Å². The zero-order valence-corrected chi connectivity index (χ0v) is 33.1. The number of nitrogens with zero attached hydrogens (tertiary/aromatic N) is 5. The highest BCUT2D eigenvalue weighted by atomic mass is 16.2. The number of aliphatic imine (C=N–C) groups is 2. The Hall–Kier alpha value is -6.32. The number of aryl methyl sites for hydroxylation is 1. The van der Waals surface area contributed by atoms with Crippen LogP contribution < -0.4 is 61.0 Å². The topological polar surface area (TPSA) is 374 Å². The van der Waals surface area contributed by atoms with Gasteiger partial charge < -0.3 is 61.0 Å². The second-order valence-corrected chi connectivity index (χ2v) is 14.6. The van der Waals surface area contributed by atoms with Gasteiger partial charge in [0.1, 0.15) is 24.2 Å². The van der Waals surface area contributed by atoms with Gasteiger partial charge >= 0.3 is 0 Å². The number of benzene rings is 1. The van der Waals surface area contributed by atoms with Crippen LogP contribution in [0.15, 0.2) is 40.4 Å². The molecule has 2 unspecified atom stereocenters. The van der Waals surface area contributed by atoms with Crippen molar-refractivity contribution in [3.8, 4) is 0 Å². The van der Waals surface area contributed by atoms with Gasteiger partial charge in [0.15, 0.2) is 11.9 Å². The molecule has 22 nitrogen and oxygen atoms in total. The van der Waals surface area contributed by atoms with E-state index >= 15 is 0 Å². The van der Waals surface area contributed by atoms with Gasteiger partial charge in [-0.1, -0.05) is 38.1 Å². The van der Waals surface area contributed by atoms with E-state index in [9.17, 15) is 28.8 Å². The largest absolute Gasteiger partial charge is 0.370 e. The molecule has 2 heterocycles. The van der Waals surface area contributed by atoms with Gasteiger partial charge in [0.25, 0.3) is 0 Å². The zero-order chi connectivity index (χ0) is 42.9. The van der Waals surface area contributed by atoms with Gasteiger partial charge in [-0.25, -0.2) is 4.99 Å². The molecule has 17 N–H and O–H groups in total. The molecule has 0 aliphatic carbocycles. The zero-order valence-electron chi connectivity index (χ0n) is 33.1. The van der Waals surface area contributed by atoms with E-state index in [0.29, 0.717) is 36.3 Å². The highest BCUT2D eigenvalue weighted by molar-refractivity contribution is 5.96. The SMILES string of the molecule is CC(C)CC1NC(=O)[C@@H](N)Cc2cn(nn2)CCCC[C@H](C(N)=O)NC(=O)[C@H]([C@@H](C)c2ccc(N=C(N)N)cc2)NC(=O)CNC(=O)C(CCCN=C(N)N)NC1=O. The van der Waals surface area contributed by atoms with Crippen molar-refractivity contribution in [2.45, 2.75) is 108 Å². The van der Waals surface area contributed by atoms with Crippen LogP contribution in [0.4, 0.5) is 5.69 Å². The van der Waals surface area contributed by atoms with E-state index < -0.39 is 78.1 Å². The summed E-state index contributed by atoms with van der Waals surface area (Å²) < 4.78 is 1.56. The molecule has 0 spiro atoms. The number of primary amides is 1. The molecule has 0 saturated heterocycles. The quantitative estimate of drug-likeness (QED) is 0.0637. The van der Waals surface area contributed by atoms with E-state index in [2.05, 4.69) is 46.9 Å². The van der Waals surface area contributed by atoms with Crippen LogP contribution in [0, 0.1) is 5.92 Å². The molecule has 0 fully saturated rings. The number of carbonyl (C=O) groups is 6. The fourth-order valence-corrected chi connectivity index (χ4v) is 6.18. The molecule has 1 aliphatic heterocycles. The predicted molar refractivity (Wildman–Crippen MR) is 215 cm³/mol. The van der Waals surface area contributed by atoms with E-state index in [1.54, 1.807) is 42.1 Å². The number of carbonyl (C=O) groups excluding carboxylic acids is 6. The summed E-state index contributed by atoms with van der Waals surface area (Å²) in [6, 6.07) is 0.957. The minimum absolute atomic E-state index is 0.0233. The van der Waals surface area contributed by atoms with Crippen LogP contribution in [0.1, 0.15) is 76.5 Å². The lowest BCUT2D eigenvalue weighted by Crippen LogP contribution is -2.57. The Bertz CT molecular complexity index is 1790. The third-order valence-electron chi connectivity index (χ3n) is 9.26. The lowest BCUT2D eigenvalue weighted by molar-refractivity contribution is -0.134. The molecule has 318 valence electrons. The van der Waals surface area contributed by atoms with E-state index in [1.165, 1.54) is 0 Å². The first-order valence-corrected chi connectivity index (χ1v) is 19.1. The number of nitrogens with two attached hydrogens (primary N) is 6. The van der Waals surface area contributed by atoms with E-state index in [0.717, 1.165) is 0 Å². The molecule has 6 amide bonds. The van der Waals surface area contributed by atoms with Crippen LogP contribution in [0.5, 0.6) is 0 Å². The van der Waals surface area contributed by atoms with Crippen LogP contribution in [0.2, 0.25) is 0 Å². The number of nitrogens with one attached hydrogen (secondary N) is 5. The van der Waals surface area contributed by atoms with Gasteiger partial charge in [-0.15, -0.1) is 5.10 Å². The Kier molecular flexibility index (Phi) is 17.8. The van der Waals surface area contributed by atoms with Crippen molar-refractivity contribution in [1.82, 2.24) is 41.6 Å². The molecule has 0 radical (unpaired) electrons. The van der Waals surface area contributed by atoms with Crippen LogP contribution in [-0.2, 0) is 41.7 Å². The molecular formula is C36H58N16O6. The van der Waals surface area contributed by atoms with Crippen LogP contribution in [-0.4, -0.2) is 106 Å². The molecule has 22 heteroatoms. The van der Waals surface area contributed by atoms with E-state index in [-0.39, 0.29) is 56.5 Å². The van der Waals surface area contributed by atoms with Crippen LogP contribution >= 0.6 is 0 Å². The Morgan fingerprint density at radius 2 is 1.55 bits per heavy atom. The maximum Gasteiger partial charge on any atom is 0.243 e. The lowest BCUT2D eigenvalue weighted by Gasteiger charge is -2.27. The number of aromatic nitrogens is 3. The number of hydrogen-bond acceptors (Lipinski definition) is 11. The van der Waals surface area contributed by atoms with Crippen molar-refractivity contribution in [1.29, 1.82) is 0 Å². The molecule has 2 aromatic rings. The normalized spacial score (nSPS) is 22.5. The molecule has 6 atom stereocenters. The first kappa shape index (κ1) is 46.1. The number of fused-ring (bicyclic) bond motifs is 2. The summed E-state index contributed by atoms with van der Waals surface area (Å²) in [7, 11) is 0. The lowest BCUT2D eigenvalue weighted by atomic mass is 9.92. The Morgan fingerprint density at radius 3 is 2.19 bits per heavy atom. The fourth-order valence-electron chi connectivity index (χ4n) is 6.18. The summed E-state index contributed by atoms with van der Waals surface area (Å²) in [5, 5.41) is 21.5. The third-order valence-corrected chi connectivity index (χ3v) is 9.26. The highest BCUT2D eigenvalue weighted by Gasteiger charge is 2.32. The van der Waals surface area contributed by atoms with Crippen LogP contribution in [0.3, 0.4) is 0 Å². The summed E-state index contributed by atoms with van der Waals surface area (Å²) in [4.78, 5) is 88.3. The minimum Gasteiger partial charge on any atom is -0.370 e. The van der Waals surface area contributed by atoms with Gasteiger partial charge in [-0.3, -0.25) is 38.4 Å². The maximum absolute atomic E-state index is 13.9. The Labute approximate surface area is 336 Å². The average Bonchev–Trinajstić information content (AvgIpc) is 3.60. The molecule has 2 bridgehead atoms. The van der Waals surface area contributed by atoms with Crippen molar-refractivity contribution in [2.24, 2.45) is 50.3 Å². The molecule has 0 saturated carbocycles. The Morgan fingerprint density at radius 1 is 0.862 bits per heavy atom. The van der Waals surface area contributed by atoms with Crippen molar-refractivity contribution in [3.05, 3.63) is 41.7 Å². The predicted octanol–water partition coefficient (Wildman–Crippen LogP) is -3.32. The molecule has 1 aromatic carbocycles. The summed E-state index contributed by atoms with van der Waals surface area (Å²) in [5.41, 5.74) is 35.3. The van der Waals surface area contributed by atoms with E-state index in [4.69, 9.17) is 34.4 Å². The summed E-state index contributed by atoms with van der Waals surface area (Å²) in [5.74, 6) is -5.23. The Balaban J connectivity index is 1.96. The fraction of sp³-hybridized carbons (Fsp3) is 0.556. The second-order valence-electron chi connectivity index (χ2n) is 14.6. The molecule has 1 aromatic heterocycles. The smallest absolute Gasteiger partial charge is 0.243 e. The van der Waals surface area contributed by atoms with Gasteiger partial charge in [0, 0.05) is 31.6 Å². The van der Waals surface area contributed by atoms with Gasteiger partial charge in [0.05, 0.1) is 24.0 Å². The average molecular weight is 811 g/mol. The molecular weight excluding hydrogens is 753 g/mol. The standard InChI is InChI=1S/C36H58N16O6/c1-19(2)15-27-33(57)47-26(8-6-13-43-35(39)40)32(56)44-17-28(53)49-29(20(3)21-9-11-22(12-10-21)45-36(41)42)34(58)46-25(30(38)54)7-4-5-14-52-18-23(50-51-52)16-24(37)31(55)48-27/h9-12,18-20,24-27,29H,4-8,13-17,37H2,1-3H3,(H2,38,54)(H,44,56)(H,46,58)(H,47,57)(H,48,55)(H,49,53)(H4,39,40,43)(H4,41,42,45)/t20-,24-,25+,26?,27?,29-/m0/s1. The number of amides is 6.